The molecule has 0 spiro atoms. The topological polar surface area (TPSA) is 114 Å². The molecule has 10 heteroatoms. The molecule has 0 bridgehead atoms. The fourth-order valence-electron chi connectivity index (χ4n) is 3.41. The molecule has 1 amide bonds. The number of anilines is 2. The largest absolute Gasteiger partial charge is 0.383 e. The number of aromatic amines is 1. The van der Waals surface area contributed by atoms with Crippen LogP contribution in [0.3, 0.4) is 0 Å². The molecular weight excluding hydrogens is 393 g/mol. The molecule has 1 fully saturated rings. The highest BCUT2D eigenvalue weighted by Gasteiger charge is 2.26. The third-order valence-corrected chi connectivity index (χ3v) is 5.01. The Bertz CT molecular complexity index is 996. The summed E-state index contributed by atoms with van der Waals surface area (Å²) >= 11 is 0. The monoisotopic (exact) mass is 419 g/mol. The van der Waals surface area contributed by atoms with E-state index in [0.29, 0.717) is 45.8 Å². The number of nitrogens with zero attached hydrogens (tertiary/aromatic N) is 3. The Hall–Kier alpha value is -2.98. The standard InChI is InChI=1S/C20H26FN5O4/c1-2-7-26-17(22)16(18(27)23-20(26)29)25(9-8-24-10-12-30-13-11-24)19(28)14-3-5-15(21)6-4-14/h3-6H,2,7-13,22H2,1H3,(H,23,27,29). The zero-order chi connectivity index (χ0) is 21.7. The Morgan fingerprint density at radius 3 is 2.50 bits per heavy atom. The normalized spacial score (nSPS) is 14.6. The van der Waals surface area contributed by atoms with Gasteiger partial charge in [0.05, 0.1) is 13.2 Å². The smallest absolute Gasteiger partial charge is 0.330 e. The SMILES string of the molecule is CCCn1c(N)c(N(CCN2CCOCC2)C(=O)c2ccc(F)cc2)c(=O)[nH]c1=O. The molecule has 3 N–H and O–H groups in total. The van der Waals surface area contributed by atoms with Gasteiger partial charge in [-0.3, -0.25) is 28.9 Å². The number of carbonyl (C=O) groups is 1. The van der Waals surface area contributed by atoms with Crippen LogP contribution in [0.2, 0.25) is 0 Å². The Morgan fingerprint density at radius 2 is 1.87 bits per heavy atom. The number of hydrogen-bond donors (Lipinski definition) is 2. The van der Waals surface area contributed by atoms with E-state index in [1.165, 1.54) is 33.7 Å². The average Bonchev–Trinajstić information content (AvgIpc) is 2.74. The van der Waals surface area contributed by atoms with Gasteiger partial charge in [-0.1, -0.05) is 6.92 Å². The van der Waals surface area contributed by atoms with Crippen molar-refractivity contribution in [2.75, 3.05) is 50.0 Å². The summed E-state index contributed by atoms with van der Waals surface area (Å²) in [4.78, 5) is 43.7. The Morgan fingerprint density at radius 1 is 1.20 bits per heavy atom. The van der Waals surface area contributed by atoms with Gasteiger partial charge in [-0.25, -0.2) is 9.18 Å². The Labute approximate surface area is 172 Å². The fraction of sp³-hybridized carbons (Fsp3) is 0.450. The van der Waals surface area contributed by atoms with E-state index in [2.05, 4.69) is 9.88 Å². The van der Waals surface area contributed by atoms with Gasteiger partial charge in [0.25, 0.3) is 11.5 Å². The van der Waals surface area contributed by atoms with Gasteiger partial charge >= 0.3 is 5.69 Å². The second kappa shape index (κ2) is 9.68. The lowest BCUT2D eigenvalue weighted by molar-refractivity contribution is 0.0391. The first-order chi connectivity index (χ1) is 14.4. The first-order valence-electron chi connectivity index (χ1n) is 9.92. The van der Waals surface area contributed by atoms with Gasteiger partial charge in [0.2, 0.25) is 0 Å². The maximum absolute atomic E-state index is 13.3. The van der Waals surface area contributed by atoms with Crippen molar-refractivity contribution in [1.82, 2.24) is 14.5 Å². The predicted molar refractivity (Wildman–Crippen MR) is 111 cm³/mol. The number of amides is 1. The molecule has 0 saturated carbocycles. The highest BCUT2D eigenvalue weighted by molar-refractivity contribution is 6.07. The van der Waals surface area contributed by atoms with Gasteiger partial charge in [0.15, 0.2) is 5.69 Å². The van der Waals surface area contributed by atoms with Crippen molar-refractivity contribution in [3.05, 3.63) is 56.5 Å². The summed E-state index contributed by atoms with van der Waals surface area (Å²) in [5.74, 6) is -1.04. The molecule has 9 nitrogen and oxygen atoms in total. The van der Waals surface area contributed by atoms with Crippen molar-refractivity contribution in [3.8, 4) is 0 Å². The van der Waals surface area contributed by atoms with E-state index in [0.717, 1.165) is 0 Å². The van der Waals surface area contributed by atoms with Crippen molar-refractivity contribution >= 4 is 17.4 Å². The molecule has 162 valence electrons. The summed E-state index contributed by atoms with van der Waals surface area (Å²) in [6, 6.07) is 5.07. The number of rotatable bonds is 7. The van der Waals surface area contributed by atoms with Crippen LogP contribution in [0.4, 0.5) is 15.9 Å². The van der Waals surface area contributed by atoms with E-state index in [9.17, 15) is 18.8 Å². The summed E-state index contributed by atoms with van der Waals surface area (Å²) in [6.07, 6.45) is 0.620. The minimum atomic E-state index is -0.734. The van der Waals surface area contributed by atoms with Gasteiger partial charge in [0.1, 0.15) is 11.6 Å². The van der Waals surface area contributed by atoms with Gasteiger partial charge in [0, 0.05) is 38.3 Å². The number of hydrogen-bond acceptors (Lipinski definition) is 6. The minimum absolute atomic E-state index is 0.0666. The number of halogens is 1. The molecule has 3 rings (SSSR count). The number of carbonyl (C=O) groups excluding carboxylic acids is 1. The average molecular weight is 419 g/mol. The molecule has 2 heterocycles. The molecule has 1 aliphatic rings. The molecular formula is C20H26FN5O4. The van der Waals surface area contributed by atoms with Crippen LogP contribution >= 0.6 is 0 Å². The first kappa shape index (κ1) is 21.7. The highest BCUT2D eigenvalue weighted by atomic mass is 19.1. The molecule has 0 atom stereocenters. The van der Waals surface area contributed by atoms with Crippen LogP contribution in [0.1, 0.15) is 23.7 Å². The predicted octanol–water partition coefficient (Wildman–Crippen LogP) is 0.647. The van der Waals surface area contributed by atoms with Crippen molar-refractivity contribution in [2.24, 2.45) is 0 Å². The number of ether oxygens (including phenoxy) is 1. The Balaban J connectivity index is 2.01. The second-order valence-electron chi connectivity index (χ2n) is 7.06. The number of benzene rings is 1. The number of nitrogens with two attached hydrogens (primary N) is 1. The van der Waals surface area contributed by atoms with Crippen LogP contribution in [-0.2, 0) is 11.3 Å². The maximum atomic E-state index is 13.3. The lowest BCUT2D eigenvalue weighted by Gasteiger charge is -2.30. The lowest BCUT2D eigenvalue weighted by atomic mass is 10.2. The molecule has 1 aliphatic heterocycles. The number of morpholine rings is 1. The molecule has 1 saturated heterocycles. The molecule has 1 aromatic heterocycles. The molecule has 0 unspecified atom stereocenters. The molecule has 0 radical (unpaired) electrons. The van der Waals surface area contributed by atoms with E-state index >= 15 is 0 Å². The third kappa shape index (κ3) is 4.77. The van der Waals surface area contributed by atoms with Crippen molar-refractivity contribution in [2.45, 2.75) is 19.9 Å². The Kier molecular flexibility index (Phi) is 7.01. The molecule has 0 aliphatic carbocycles. The maximum Gasteiger partial charge on any atom is 0.330 e. The van der Waals surface area contributed by atoms with Crippen molar-refractivity contribution < 1.29 is 13.9 Å². The second-order valence-corrected chi connectivity index (χ2v) is 7.06. The number of nitrogen functional groups attached to an aromatic ring is 1. The fourth-order valence-corrected chi connectivity index (χ4v) is 3.41. The summed E-state index contributed by atoms with van der Waals surface area (Å²) in [5.41, 5.74) is 4.96. The number of aromatic nitrogens is 2. The van der Waals surface area contributed by atoms with Crippen LogP contribution in [-0.4, -0.2) is 59.8 Å². The number of H-pyrrole nitrogens is 1. The van der Waals surface area contributed by atoms with Crippen LogP contribution in [0, 0.1) is 5.82 Å². The van der Waals surface area contributed by atoms with E-state index in [-0.39, 0.29) is 23.6 Å². The van der Waals surface area contributed by atoms with Gasteiger partial charge in [-0.05, 0) is 30.7 Å². The van der Waals surface area contributed by atoms with Crippen LogP contribution in [0.15, 0.2) is 33.9 Å². The van der Waals surface area contributed by atoms with Crippen LogP contribution in [0.5, 0.6) is 0 Å². The van der Waals surface area contributed by atoms with Gasteiger partial charge in [-0.2, -0.15) is 0 Å². The quantitative estimate of drug-likeness (QED) is 0.681. The summed E-state index contributed by atoms with van der Waals surface area (Å²) in [5, 5.41) is 0. The van der Waals surface area contributed by atoms with Crippen molar-refractivity contribution in [1.29, 1.82) is 0 Å². The van der Waals surface area contributed by atoms with E-state index in [4.69, 9.17) is 10.5 Å². The van der Waals surface area contributed by atoms with E-state index in [1.807, 2.05) is 6.92 Å². The lowest BCUT2D eigenvalue weighted by Crippen LogP contribution is -2.46. The molecule has 2 aromatic rings. The minimum Gasteiger partial charge on any atom is -0.383 e. The molecule has 1 aromatic carbocycles. The highest BCUT2D eigenvalue weighted by Crippen LogP contribution is 2.20. The van der Waals surface area contributed by atoms with Crippen molar-refractivity contribution in [3.63, 3.8) is 0 Å². The number of nitrogens with one attached hydrogen (secondary N) is 1. The van der Waals surface area contributed by atoms with Gasteiger partial charge in [-0.15, -0.1) is 0 Å². The summed E-state index contributed by atoms with van der Waals surface area (Å²) in [7, 11) is 0. The summed E-state index contributed by atoms with van der Waals surface area (Å²) in [6.45, 7) is 5.44. The first-order valence-corrected chi connectivity index (χ1v) is 9.92. The van der Waals surface area contributed by atoms with Crippen LogP contribution in [0.25, 0.3) is 0 Å². The third-order valence-electron chi connectivity index (χ3n) is 5.01. The zero-order valence-electron chi connectivity index (χ0n) is 16.9. The molecule has 30 heavy (non-hydrogen) atoms. The van der Waals surface area contributed by atoms with E-state index < -0.39 is 23.0 Å². The summed E-state index contributed by atoms with van der Waals surface area (Å²) < 4.78 is 19.9. The van der Waals surface area contributed by atoms with Crippen LogP contribution < -0.4 is 21.9 Å². The van der Waals surface area contributed by atoms with Gasteiger partial charge < -0.3 is 10.5 Å². The van der Waals surface area contributed by atoms with E-state index in [1.54, 1.807) is 0 Å². The zero-order valence-corrected chi connectivity index (χ0v) is 16.9.